The topological polar surface area (TPSA) is 111 Å². The van der Waals surface area contributed by atoms with E-state index in [2.05, 4.69) is 10.0 Å². The van der Waals surface area contributed by atoms with Crippen LogP contribution in [-0.2, 0) is 21.2 Å². The lowest BCUT2D eigenvalue weighted by atomic mass is 10.1. The highest BCUT2D eigenvalue weighted by Crippen LogP contribution is 2.29. The smallest absolute Gasteiger partial charge is 0.244 e. The van der Waals surface area contributed by atoms with Crippen LogP contribution in [0, 0.1) is 0 Å². The van der Waals surface area contributed by atoms with Gasteiger partial charge >= 0.3 is 0 Å². The summed E-state index contributed by atoms with van der Waals surface area (Å²) in [6.45, 7) is 0. The van der Waals surface area contributed by atoms with E-state index in [1.54, 1.807) is 30.3 Å². The number of benzene rings is 2. The second-order valence-corrected chi connectivity index (χ2v) is 7.91. The Balaban J connectivity index is 1.76. The number of nitrogen functional groups attached to an aromatic ring is 1. The number of anilines is 2. The van der Waals surface area contributed by atoms with E-state index < -0.39 is 10.0 Å². The summed E-state index contributed by atoms with van der Waals surface area (Å²) in [6, 6.07) is 11.5. The molecule has 0 aromatic heterocycles. The van der Waals surface area contributed by atoms with Gasteiger partial charge in [0, 0.05) is 17.4 Å². The molecule has 0 spiro atoms. The fourth-order valence-corrected chi connectivity index (χ4v) is 3.97. The minimum Gasteiger partial charge on any atom is -0.495 e. The summed E-state index contributed by atoms with van der Waals surface area (Å²) in [5, 5.41) is 2.72. The fourth-order valence-electron chi connectivity index (χ4n) is 2.47. The Labute approximate surface area is 152 Å². The van der Waals surface area contributed by atoms with E-state index in [-0.39, 0.29) is 29.0 Å². The highest BCUT2D eigenvalue weighted by atomic mass is 32.2. The zero-order chi connectivity index (χ0) is 18.7. The second kappa shape index (κ2) is 7.35. The number of amides is 1. The first-order valence-corrected chi connectivity index (χ1v) is 9.70. The van der Waals surface area contributed by atoms with Gasteiger partial charge in [0.05, 0.1) is 13.5 Å². The largest absolute Gasteiger partial charge is 0.495 e. The minimum absolute atomic E-state index is 0.0113. The molecule has 8 heteroatoms. The second-order valence-electron chi connectivity index (χ2n) is 6.23. The molecule has 0 aliphatic heterocycles. The van der Waals surface area contributed by atoms with Crippen LogP contribution in [0.2, 0.25) is 0 Å². The van der Waals surface area contributed by atoms with Crippen LogP contribution in [0.1, 0.15) is 18.4 Å². The van der Waals surface area contributed by atoms with Gasteiger partial charge in [-0.05, 0) is 48.7 Å². The summed E-state index contributed by atoms with van der Waals surface area (Å²) in [4.78, 5) is 12.2. The van der Waals surface area contributed by atoms with Crippen LogP contribution < -0.4 is 20.5 Å². The van der Waals surface area contributed by atoms with Crippen LogP contribution >= 0.6 is 0 Å². The van der Waals surface area contributed by atoms with Gasteiger partial charge in [0.15, 0.2) is 0 Å². The average Bonchev–Trinajstić information content (AvgIpc) is 3.40. The van der Waals surface area contributed by atoms with E-state index in [1.165, 1.54) is 19.2 Å². The molecule has 0 atom stereocenters. The number of ether oxygens (including phenoxy) is 1. The SMILES string of the molecule is COc1ccc(NC(=O)Cc2ccc(N)cc2)cc1S(=O)(=O)NC1CC1. The summed E-state index contributed by atoms with van der Waals surface area (Å²) in [5.41, 5.74) is 7.46. The Morgan fingerprint density at radius 3 is 2.50 bits per heavy atom. The van der Waals surface area contributed by atoms with Crippen LogP contribution in [0.4, 0.5) is 11.4 Å². The number of sulfonamides is 1. The maximum Gasteiger partial charge on any atom is 0.244 e. The minimum atomic E-state index is -3.70. The number of carbonyl (C=O) groups is 1. The molecule has 1 fully saturated rings. The number of carbonyl (C=O) groups excluding carboxylic acids is 1. The van der Waals surface area contributed by atoms with E-state index in [0.717, 1.165) is 18.4 Å². The highest BCUT2D eigenvalue weighted by molar-refractivity contribution is 7.89. The first-order valence-electron chi connectivity index (χ1n) is 8.22. The lowest BCUT2D eigenvalue weighted by molar-refractivity contribution is -0.115. The molecule has 138 valence electrons. The van der Waals surface area contributed by atoms with Gasteiger partial charge in [0.2, 0.25) is 15.9 Å². The van der Waals surface area contributed by atoms with Crippen LogP contribution in [0.5, 0.6) is 5.75 Å². The Bertz CT molecular complexity index is 907. The lowest BCUT2D eigenvalue weighted by Gasteiger charge is -2.13. The number of hydrogen-bond acceptors (Lipinski definition) is 5. The van der Waals surface area contributed by atoms with Crippen LogP contribution in [-0.4, -0.2) is 27.5 Å². The Kier molecular flexibility index (Phi) is 5.15. The van der Waals surface area contributed by atoms with Gasteiger partial charge in [-0.25, -0.2) is 13.1 Å². The molecule has 0 saturated heterocycles. The van der Waals surface area contributed by atoms with Gasteiger partial charge < -0.3 is 15.8 Å². The molecule has 1 aliphatic rings. The normalized spacial score (nSPS) is 14.0. The fraction of sp³-hybridized carbons (Fsp3) is 0.278. The van der Waals surface area contributed by atoms with Crippen molar-refractivity contribution in [3.05, 3.63) is 48.0 Å². The van der Waals surface area contributed by atoms with Crippen molar-refractivity contribution in [3.63, 3.8) is 0 Å². The third-order valence-corrected chi connectivity index (χ3v) is 5.52. The number of hydrogen-bond donors (Lipinski definition) is 3. The zero-order valence-electron chi connectivity index (χ0n) is 14.4. The van der Waals surface area contributed by atoms with Crippen molar-refractivity contribution < 1.29 is 17.9 Å². The summed E-state index contributed by atoms with van der Waals surface area (Å²) in [6.07, 6.45) is 1.83. The molecule has 1 saturated carbocycles. The maximum absolute atomic E-state index is 12.5. The third-order valence-electron chi connectivity index (χ3n) is 3.98. The van der Waals surface area contributed by atoms with Gasteiger partial charge in [0.1, 0.15) is 10.6 Å². The van der Waals surface area contributed by atoms with Crippen LogP contribution in [0.25, 0.3) is 0 Å². The van der Waals surface area contributed by atoms with Crippen molar-refractivity contribution in [2.45, 2.75) is 30.2 Å². The van der Waals surface area contributed by atoms with Crippen molar-refractivity contribution in [1.82, 2.24) is 4.72 Å². The molecule has 4 N–H and O–H groups in total. The average molecular weight is 375 g/mol. The van der Waals surface area contributed by atoms with Gasteiger partial charge in [-0.15, -0.1) is 0 Å². The molecular formula is C18H21N3O4S. The Morgan fingerprint density at radius 2 is 1.88 bits per heavy atom. The van der Waals surface area contributed by atoms with Crippen molar-refractivity contribution in [3.8, 4) is 5.75 Å². The van der Waals surface area contributed by atoms with Gasteiger partial charge in [0.25, 0.3) is 0 Å². The summed E-state index contributed by atoms with van der Waals surface area (Å²) in [5.74, 6) is -0.0203. The van der Waals surface area contributed by atoms with Crippen molar-refractivity contribution in [2.24, 2.45) is 0 Å². The van der Waals surface area contributed by atoms with Gasteiger partial charge in [-0.2, -0.15) is 0 Å². The van der Waals surface area contributed by atoms with E-state index in [0.29, 0.717) is 11.4 Å². The first-order chi connectivity index (χ1) is 12.4. The summed E-state index contributed by atoms with van der Waals surface area (Å²) in [7, 11) is -2.29. The lowest BCUT2D eigenvalue weighted by Crippen LogP contribution is -2.26. The number of nitrogens with one attached hydrogen (secondary N) is 2. The molecule has 1 amide bonds. The summed E-state index contributed by atoms with van der Waals surface area (Å²) >= 11 is 0. The molecule has 2 aromatic carbocycles. The van der Waals surface area contributed by atoms with Crippen molar-refractivity contribution >= 4 is 27.3 Å². The number of nitrogens with two attached hydrogens (primary N) is 1. The molecule has 0 bridgehead atoms. The Hall–Kier alpha value is -2.58. The van der Waals surface area contributed by atoms with E-state index in [9.17, 15) is 13.2 Å². The first kappa shape index (κ1) is 18.2. The third kappa shape index (κ3) is 4.53. The predicted octanol–water partition coefficient (Wildman–Crippen LogP) is 1.90. The van der Waals surface area contributed by atoms with E-state index >= 15 is 0 Å². The maximum atomic E-state index is 12.5. The van der Waals surface area contributed by atoms with Crippen molar-refractivity contribution in [2.75, 3.05) is 18.2 Å². The highest BCUT2D eigenvalue weighted by Gasteiger charge is 2.30. The molecular weight excluding hydrogens is 354 g/mol. The van der Waals surface area contributed by atoms with Gasteiger partial charge in [-0.3, -0.25) is 4.79 Å². The van der Waals surface area contributed by atoms with Crippen LogP contribution in [0.3, 0.4) is 0 Å². The molecule has 2 aromatic rings. The number of methoxy groups -OCH3 is 1. The standard InChI is InChI=1S/C18H21N3O4S/c1-25-16-9-8-15(11-17(16)26(23,24)21-14-6-7-14)20-18(22)10-12-2-4-13(19)5-3-12/h2-5,8-9,11,14,21H,6-7,10,19H2,1H3,(H,20,22). The molecule has 1 aliphatic carbocycles. The van der Waals surface area contributed by atoms with Gasteiger partial charge in [-0.1, -0.05) is 12.1 Å². The molecule has 0 unspecified atom stereocenters. The predicted molar refractivity (Wildman–Crippen MR) is 99.5 cm³/mol. The molecule has 7 nitrogen and oxygen atoms in total. The molecule has 0 radical (unpaired) electrons. The van der Waals surface area contributed by atoms with Crippen molar-refractivity contribution in [1.29, 1.82) is 0 Å². The summed E-state index contributed by atoms with van der Waals surface area (Å²) < 4.78 is 32.8. The number of rotatable bonds is 7. The quantitative estimate of drug-likeness (QED) is 0.640. The van der Waals surface area contributed by atoms with E-state index in [1.807, 2.05) is 0 Å². The van der Waals surface area contributed by atoms with E-state index in [4.69, 9.17) is 10.5 Å². The Morgan fingerprint density at radius 1 is 1.19 bits per heavy atom. The molecule has 0 heterocycles. The zero-order valence-corrected chi connectivity index (χ0v) is 15.2. The monoisotopic (exact) mass is 375 g/mol. The molecule has 26 heavy (non-hydrogen) atoms. The molecule has 3 rings (SSSR count). The van der Waals surface area contributed by atoms with Crippen LogP contribution in [0.15, 0.2) is 47.4 Å².